The summed E-state index contributed by atoms with van der Waals surface area (Å²) in [5.74, 6) is 1.30. The zero-order valence-corrected chi connectivity index (χ0v) is 14.2. The number of Topliss-reactive ketones (excluding diaryl/α,β-unsaturated/α-hetero) is 1. The number of nitrogens with zero attached hydrogens (tertiary/aromatic N) is 1. The Kier molecular flexibility index (Phi) is 1.79. The van der Waals surface area contributed by atoms with E-state index in [2.05, 4.69) is 18.4 Å². The average Bonchev–Trinajstić information content (AvgIpc) is 2.80. The fraction of sp³-hybridized carbons (Fsp3) is 0.850. The Bertz CT molecular complexity index is 764. The van der Waals surface area contributed by atoms with Gasteiger partial charge in [0.05, 0.1) is 6.10 Å². The second-order valence-corrected chi connectivity index (χ2v) is 10.7. The molecule has 11 unspecified atom stereocenters. The number of hydrogen-bond donors (Lipinski definition) is 2. The summed E-state index contributed by atoms with van der Waals surface area (Å²) in [6.07, 6.45) is 3.97. The summed E-state index contributed by atoms with van der Waals surface area (Å²) in [6, 6.07) is 0.180. The van der Waals surface area contributed by atoms with E-state index in [-0.39, 0.29) is 46.1 Å². The van der Waals surface area contributed by atoms with E-state index < -0.39 is 5.72 Å². The van der Waals surface area contributed by atoms with E-state index in [1.165, 1.54) is 0 Å². The quantitative estimate of drug-likeness (QED) is 0.659. The number of carbonyl (C=O) groups excluding carboxylic acids is 1. The molecule has 3 heterocycles. The third-order valence-electron chi connectivity index (χ3n) is 9.94. The van der Waals surface area contributed by atoms with Crippen LogP contribution in [-0.2, 0) is 4.79 Å². The highest BCUT2D eigenvalue weighted by molar-refractivity contribution is 5.91. The molecule has 9 fully saturated rings. The van der Waals surface area contributed by atoms with Crippen LogP contribution in [0.15, 0.2) is 12.2 Å². The van der Waals surface area contributed by atoms with Gasteiger partial charge in [0.1, 0.15) is 11.5 Å². The molecular formula is C20H25NO3. The normalized spacial score (nSPS) is 73.0. The molecule has 3 saturated heterocycles. The van der Waals surface area contributed by atoms with E-state index in [0.29, 0.717) is 11.7 Å². The molecular weight excluding hydrogens is 302 g/mol. The molecule has 9 aliphatic rings. The highest BCUT2D eigenvalue weighted by atomic mass is 16.3. The van der Waals surface area contributed by atoms with E-state index >= 15 is 0 Å². The summed E-state index contributed by atoms with van der Waals surface area (Å²) in [7, 11) is 0. The standard InChI is InChI=1S/C20H25NO3/c1-9-4-18-7-20(24)16-17(2)5-10(22)6-19(16)12(18)3-11(9)14(23)13(18)15(19)21(20)8-17/h10-13,15-16,22,24H,1,3-8H2,2H3. The van der Waals surface area contributed by atoms with Gasteiger partial charge in [-0.2, -0.15) is 0 Å². The first-order valence-corrected chi connectivity index (χ1v) is 9.67. The molecule has 0 amide bonds. The Morgan fingerprint density at radius 3 is 2.92 bits per heavy atom. The monoisotopic (exact) mass is 327 g/mol. The SMILES string of the molecule is C=C1CC23CC4(O)C5C6(C)CC(O)CC57C(C2C(=O)C1CC37)N4C6. The second kappa shape index (κ2) is 3.19. The van der Waals surface area contributed by atoms with Crippen molar-refractivity contribution >= 4 is 5.78 Å². The molecule has 6 saturated carbocycles. The minimum Gasteiger partial charge on any atom is -0.393 e. The maximum atomic E-state index is 13.3. The summed E-state index contributed by atoms with van der Waals surface area (Å²) in [5, 5.41) is 22.6. The molecule has 4 nitrogen and oxygen atoms in total. The molecule has 9 bridgehead atoms. The summed E-state index contributed by atoms with van der Waals surface area (Å²) >= 11 is 0. The van der Waals surface area contributed by atoms with E-state index in [4.69, 9.17) is 0 Å². The lowest BCUT2D eigenvalue weighted by Gasteiger charge is -2.64. The van der Waals surface area contributed by atoms with Gasteiger partial charge in [-0.25, -0.2) is 0 Å². The Morgan fingerprint density at radius 1 is 1.33 bits per heavy atom. The van der Waals surface area contributed by atoms with Crippen molar-refractivity contribution in [2.24, 2.45) is 39.9 Å². The molecule has 9 rings (SSSR count). The molecule has 128 valence electrons. The number of aliphatic hydroxyl groups is 2. The van der Waals surface area contributed by atoms with Gasteiger partial charge in [0.2, 0.25) is 0 Å². The first kappa shape index (κ1) is 13.5. The van der Waals surface area contributed by atoms with Crippen molar-refractivity contribution in [3.8, 4) is 0 Å². The molecule has 4 heteroatoms. The first-order chi connectivity index (χ1) is 11.3. The third-order valence-corrected chi connectivity index (χ3v) is 9.94. The summed E-state index contributed by atoms with van der Waals surface area (Å²) < 4.78 is 0. The van der Waals surface area contributed by atoms with Crippen molar-refractivity contribution < 1.29 is 15.0 Å². The fourth-order valence-electron chi connectivity index (χ4n) is 10.4. The largest absolute Gasteiger partial charge is 0.393 e. The van der Waals surface area contributed by atoms with Crippen LogP contribution in [0.1, 0.15) is 39.0 Å². The Hall–Kier alpha value is -0.710. The van der Waals surface area contributed by atoms with E-state index in [1.807, 2.05) is 0 Å². The van der Waals surface area contributed by atoms with Crippen LogP contribution in [-0.4, -0.2) is 45.3 Å². The number of fused-ring (bicyclic) bond motifs is 1. The van der Waals surface area contributed by atoms with Crippen molar-refractivity contribution in [2.45, 2.75) is 56.9 Å². The van der Waals surface area contributed by atoms with Crippen molar-refractivity contribution in [3.05, 3.63) is 12.2 Å². The van der Waals surface area contributed by atoms with Crippen LogP contribution < -0.4 is 0 Å². The zero-order valence-electron chi connectivity index (χ0n) is 14.2. The lowest BCUT2D eigenvalue weighted by molar-refractivity contribution is -0.223. The van der Waals surface area contributed by atoms with Gasteiger partial charge in [-0.15, -0.1) is 0 Å². The minimum absolute atomic E-state index is 0.00130. The average molecular weight is 327 g/mol. The highest BCUT2D eigenvalue weighted by Crippen LogP contribution is 2.88. The third kappa shape index (κ3) is 0.926. The van der Waals surface area contributed by atoms with Crippen molar-refractivity contribution in [1.82, 2.24) is 4.90 Å². The van der Waals surface area contributed by atoms with Crippen LogP contribution in [0.2, 0.25) is 0 Å². The maximum Gasteiger partial charge on any atom is 0.145 e. The number of carbonyl (C=O) groups is 1. The van der Waals surface area contributed by atoms with Gasteiger partial charge in [-0.05, 0) is 48.9 Å². The van der Waals surface area contributed by atoms with Gasteiger partial charge in [-0.3, -0.25) is 9.69 Å². The number of ketones is 1. The van der Waals surface area contributed by atoms with Gasteiger partial charge < -0.3 is 10.2 Å². The second-order valence-electron chi connectivity index (χ2n) is 10.7. The first-order valence-electron chi connectivity index (χ1n) is 9.67. The van der Waals surface area contributed by atoms with E-state index in [1.54, 1.807) is 0 Å². The van der Waals surface area contributed by atoms with Crippen LogP contribution in [0.25, 0.3) is 0 Å². The zero-order chi connectivity index (χ0) is 16.4. The molecule has 24 heavy (non-hydrogen) atoms. The Balaban J connectivity index is 1.56. The maximum absolute atomic E-state index is 13.3. The van der Waals surface area contributed by atoms with Gasteiger partial charge in [0.15, 0.2) is 0 Å². The molecule has 3 aliphatic heterocycles. The van der Waals surface area contributed by atoms with E-state index in [9.17, 15) is 15.0 Å². The fourth-order valence-corrected chi connectivity index (χ4v) is 10.4. The molecule has 11 atom stereocenters. The van der Waals surface area contributed by atoms with Gasteiger partial charge >= 0.3 is 0 Å². The number of piperidine rings is 2. The Labute approximate surface area is 141 Å². The highest BCUT2D eigenvalue weighted by Gasteiger charge is 2.92. The summed E-state index contributed by atoms with van der Waals surface area (Å²) in [5.41, 5.74) is 0.292. The molecule has 2 spiro atoms. The Morgan fingerprint density at radius 2 is 2.12 bits per heavy atom. The predicted molar refractivity (Wildman–Crippen MR) is 85.6 cm³/mol. The molecule has 0 aromatic rings. The smallest absolute Gasteiger partial charge is 0.145 e. The summed E-state index contributed by atoms with van der Waals surface area (Å²) in [4.78, 5) is 15.6. The van der Waals surface area contributed by atoms with Crippen LogP contribution in [0, 0.1) is 39.9 Å². The summed E-state index contributed by atoms with van der Waals surface area (Å²) in [6.45, 7) is 7.38. The molecule has 2 N–H and O–H groups in total. The molecule has 6 aliphatic carbocycles. The van der Waals surface area contributed by atoms with Crippen LogP contribution in [0.4, 0.5) is 0 Å². The van der Waals surface area contributed by atoms with Crippen molar-refractivity contribution in [3.63, 3.8) is 0 Å². The van der Waals surface area contributed by atoms with Gasteiger partial charge in [-0.1, -0.05) is 19.1 Å². The molecule has 0 aromatic heterocycles. The van der Waals surface area contributed by atoms with Crippen LogP contribution in [0.5, 0.6) is 0 Å². The number of allylic oxidation sites excluding steroid dienone is 1. The van der Waals surface area contributed by atoms with Crippen LogP contribution in [0.3, 0.4) is 0 Å². The van der Waals surface area contributed by atoms with E-state index in [0.717, 1.165) is 44.2 Å². The topological polar surface area (TPSA) is 60.8 Å². The minimum atomic E-state index is -0.739. The van der Waals surface area contributed by atoms with Crippen LogP contribution >= 0.6 is 0 Å². The van der Waals surface area contributed by atoms with Gasteiger partial charge in [0, 0.05) is 35.8 Å². The van der Waals surface area contributed by atoms with Gasteiger partial charge in [0.25, 0.3) is 0 Å². The number of hydrogen-bond acceptors (Lipinski definition) is 4. The molecule has 0 aromatic carbocycles. The van der Waals surface area contributed by atoms with Crippen molar-refractivity contribution in [1.29, 1.82) is 0 Å². The lowest BCUT2D eigenvalue weighted by Crippen LogP contribution is -2.66. The van der Waals surface area contributed by atoms with Crippen molar-refractivity contribution in [2.75, 3.05) is 6.54 Å². The predicted octanol–water partition coefficient (Wildman–Crippen LogP) is 1.32. The number of aliphatic hydroxyl groups excluding tert-OH is 1. The number of rotatable bonds is 0. The molecule has 0 radical (unpaired) electrons. The lowest BCUT2D eigenvalue weighted by atomic mass is 9.40.